The van der Waals surface area contributed by atoms with Crippen molar-refractivity contribution >= 4 is 28.9 Å². The Morgan fingerprint density at radius 2 is 2.03 bits per heavy atom. The highest BCUT2D eigenvalue weighted by molar-refractivity contribution is 7.12. The second-order valence-corrected chi connectivity index (χ2v) is 8.51. The lowest BCUT2D eigenvalue weighted by Crippen LogP contribution is -2.43. The molecule has 1 atom stereocenters. The van der Waals surface area contributed by atoms with E-state index in [1.165, 1.54) is 17.1 Å². The monoisotopic (exact) mass is 429 g/mol. The van der Waals surface area contributed by atoms with Gasteiger partial charge < -0.3 is 9.64 Å². The molecule has 2 heterocycles. The molecule has 8 heteroatoms. The van der Waals surface area contributed by atoms with Gasteiger partial charge in [0.1, 0.15) is 12.4 Å². The average molecular weight is 430 g/mol. The van der Waals surface area contributed by atoms with Crippen LogP contribution in [-0.4, -0.2) is 54.2 Å². The molecular weight excluding hydrogens is 405 g/mol. The Morgan fingerprint density at radius 1 is 1.27 bits per heavy atom. The van der Waals surface area contributed by atoms with Gasteiger partial charge in [-0.15, -0.1) is 11.3 Å². The van der Waals surface area contributed by atoms with Gasteiger partial charge in [-0.25, -0.2) is 9.40 Å². The molecule has 2 amide bonds. The van der Waals surface area contributed by atoms with E-state index in [0.29, 0.717) is 19.6 Å². The molecule has 1 saturated carbocycles. The molecule has 0 radical (unpaired) electrons. The van der Waals surface area contributed by atoms with Crippen LogP contribution in [0.3, 0.4) is 0 Å². The summed E-state index contributed by atoms with van der Waals surface area (Å²) in [6.07, 6.45) is 2.30. The third-order valence-electron chi connectivity index (χ3n) is 5.36. The summed E-state index contributed by atoms with van der Waals surface area (Å²) in [6, 6.07) is 9.75. The maximum absolute atomic E-state index is 13.4. The van der Waals surface area contributed by atoms with Gasteiger partial charge >= 0.3 is 0 Å². The summed E-state index contributed by atoms with van der Waals surface area (Å²) in [5.74, 6) is -0.553. The molecule has 1 aromatic heterocycles. The summed E-state index contributed by atoms with van der Waals surface area (Å²) >= 11 is 1.57. The normalized spacial score (nSPS) is 18.4. The van der Waals surface area contributed by atoms with Gasteiger partial charge in [-0.2, -0.15) is 5.10 Å². The fraction of sp³-hybridized carbons (Fsp3) is 0.409. The van der Waals surface area contributed by atoms with Gasteiger partial charge in [0.2, 0.25) is 5.91 Å². The molecule has 0 unspecified atom stereocenters. The van der Waals surface area contributed by atoms with Gasteiger partial charge in [0, 0.05) is 26.0 Å². The van der Waals surface area contributed by atoms with Crippen LogP contribution in [0.1, 0.15) is 35.7 Å². The van der Waals surface area contributed by atoms with E-state index in [1.807, 2.05) is 17.5 Å². The Morgan fingerprint density at radius 3 is 2.67 bits per heavy atom. The first-order valence-corrected chi connectivity index (χ1v) is 10.9. The molecular formula is C22H24FN3O3S. The first-order chi connectivity index (χ1) is 14.6. The van der Waals surface area contributed by atoms with Crippen LogP contribution in [0.4, 0.5) is 4.39 Å². The molecule has 2 aromatic rings. The fourth-order valence-electron chi connectivity index (χ4n) is 3.57. The SMILES string of the molecule is COCCN(CC(=O)N1N=C(c2cccs2)C[C@@H]1c1ccc(F)cc1)C(=O)C1CC1. The van der Waals surface area contributed by atoms with Gasteiger partial charge in [0.05, 0.1) is 23.2 Å². The number of amides is 2. The van der Waals surface area contributed by atoms with Crippen LogP contribution in [-0.2, 0) is 14.3 Å². The van der Waals surface area contributed by atoms with Crippen LogP contribution in [0.25, 0.3) is 0 Å². The zero-order valence-electron chi connectivity index (χ0n) is 16.8. The van der Waals surface area contributed by atoms with E-state index in [0.717, 1.165) is 29.0 Å². The lowest BCUT2D eigenvalue weighted by atomic mass is 10.0. The number of rotatable bonds is 8. The van der Waals surface area contributed by atoms with Crippen LogP contribution in [0.5, 0.6) is 0 Å². The molecule has 4 rings (SSSR count). The Kier molecular flexibility index (Phi) is 6.24. The molecule has 2 aliphatic rings. The maximum Gasteiger partial charge on any atom is 0.262 e. The molecule has 1 aromatic carbocycles. The predicted octanol–water partition coefficient (Wildman–Crippen LogP) is 3.45. The van der Waals surface area contributed by atoms with Crippen molar-refractivity contribution in [2.45, 2.75) is 25.3 Å². The van der Waals surface area contributed by atoms with Crippen molar-refractivity contribution in [3.05, 3.63) is 58.0 Å². The summed E-state index contributed by atoms with van der Waals surface area (Å²) in [7, 11) is 1.57. The van der Waals surface area contributed by atoms with E-state index in [4.69, 9.17) is 4.74 Å². The van der Waals surface area contributed by atoms with E-state index < -0.39 is 0 Å². The van der Waals surface area contributed by atoms with Crippen molar-refractivity contribution in [1.29, 1.82) is 0 Å². The molecule has 30 heavy (non-hydrogen) atoms. The van der Waals surface area contributed by atoms with Crippen molar-refractivity contribution in [3.63, 3.8) is 0 Å². The smallest absolute Gasteiger partial charge is 0.262 e. The summed E-state index contributed by atoms with van der Waals surface area (Å²) in [6.45, 7) is 0.697. The first-order valence-electron chi connectivity index (χ1n) is 10.0. The van der Waals surface area contributed by atoms with Crippen LogP contribution < -0.4 is 0 Å². The molecule has 1 aliphatic carbocycles. The van der Waals surface area contributed by atoms with E-state index in [-0.39, 0.29) is 36.1 Å². The number of hydrazone groups is 1. The van der Waals surface area contributed by atoms with Gasteiger partial charge in [0.15, 0.2) is 0 Å². The Labute approximate surface area is 178 Å². The zero-order valence-corrected chi connectivity index (χ0v) is 17.6. The van der Waals surface area contributed by atoms with Crippen molar-refractivity contribution in [2.24, 2.45) is 11.0 Å². The second-order valence-electron chi connectivity index (χ2n) is 7.56. The summed E-state index contributed by atoms with van der Waals surface area (Å²) < 4.78 is 18.5. The van der Waals surface area contributed by atoms with Crippen molar-refractivity contribution in [1.82, 2.24) is 9.91 Å². The molecule has 1 fully saturated rings. The number of carbonyl (C=O) groups excluding carboxylic acids is 2. The van der Waals surface area contributed by atoms with Crippen LogP contribution in [0.15, 0.2) is 46.9 Å². The average Bonchev–Trinajstić information content (AvgIpc) is 3.26. The van der Waals surface area contributed by atoms with Gasteiger partial charge in [-0.3, -0.25) is 9.59 Å². The van der Waals surface area contributed by atoms with Crippen molar-refractivity contribution in [2.75, 3.05) is 26.8 Å². The largest absolute Gasteiger partial charge is 0.383 e. The molecule has 1 aliphatic heterocycles. The molecule has 0 N–H and O–H groups in total. The minimum Gasteiger partial charge on any atom is -0.383 e. The summed E-state index contributed by atoms with van der Waals surface area (Å²) in [5.41, 5.74) is 1.64. The number of ether oxygens (including phenoxy) is 1. The summed E-state index contributed by atoms with van der Waals surface area (Å²) in [5, 5.41) is 8.04. The van der Waals surface area contributed by atoms with Gasteiger partial charge in [0.25, 0.3) is 5.91 Å². The Balaban J connectivity index is 1.57. The highest BCUT2D eigenvalue weighted by Crippen LogP contribution is 2.35. The quantitative estimate of drug-likeness (QED) is 0.646. The number of methoxy groups -OCH3 is 1. The van der Waals surface area contributed by atoms with E-state index in [2.05, 4.69) is 5.10 Å². The third-order valence-corrected chi connectivity index (χ3v) is 6.27. The number of halogens is 1. The number of hydrogen-bond acceptors (Lipinski definition) is 5. The minimum atomic E-state index is -0.324. The molecule has 0 spiro atoms. The number of benzene rings is 1. The van der Waals surface area contributed by atoms with Crippen molar-refractivity contribution in [3.8, 4) is 0 Å². The third kappa shape index (κ3) is 4.60. The maximum atomic E-state index is 13.4. The zero-order chi connectivity index (χ0) is 21.1. The van der Waals surface area contributed by atoms with E-state index in [1.54, 1.807) is 35.5 Å². The van der Waals surface area contributed by atoms with Crippen LogP contribution >= 0.6 is 11.3 Å². The summed E-state index contributed by atoms with van der Waals surface area (Å²) in [4.78, 5) is 28.4. The molecule has 0 bridgehead atoms. The Bertz CT molecular complexity index is 926. The van der Waals surface area contributed by atoms with Crippen LogP contribution in [0, 0.1) is 11.7 Å². The number of hydrogen-bond donors (Lipinski definition) is 0. The highest BCUT2D eigenvalue weighted by Gasteiger charge is 2.37. The van der Waals surface area contributed by atoms with E-state index in [9.17, 15) is 14.0 Å². The minimum absolute atomic E-state index is 0.000360. The topological polar surface area (TPSA) is 62.2 Å². The number of carbonyl (C=O) groups is 2. The second kappa shape index (κ2) is 9.06. The van der Waals surface area contributed by atoms with Gasteiger partial charge in [-0.05, 0) is 42.0 Å². The number of thiophene rings is 1. The van der Waals surface area contributed by atoms with Crippen LogP contribution in [0.2, 0.25) is 0 Å². The lowest BCUT2D eigenvalue weighted by Gasteiger charge is -2.27. The standard InChI is InChI=1S/C22H24FN3O3S/c1-29-11-10-25(22(28)16-4-5-16)14-21(27)26-19(15-6-8-17(23)9-7-15)13-18(24-26)20-3-2-12-30-20/h2-3,6-9,12,16,19H,4-5,10-11,13-14H2,1H3/t19-/m1/s1. The first kappa shape index (κ1) is 20.7. The highest BCUT2D eigenvalue weighted by atomic mass is 32.1. The molecule has 6 nitrogen and oxygen atoms in total. The molecule has 158 valence electrons. The molecule has 0 saturated heterocycles. The van der Waals surface area contributed by atoms with Gasteiger partial charge in [-0.1, -0.05) is 18.2 Å². The van der Waals surface area contributed by atoms with E-state index >= 15 is 0 Å². The Hall–Kier alpha value is -2.58. The fourth-order valence-corrected chi connectivity index (χ4v) is 4.29. The predicted molar refractivity (Wildman–Crippen MR) is 113 cm³/mol. The van der Waals surface area contributed by atoms with Crippen molar-refractivity contribution < 1.29 is 18.7 Å². The lowest BCUT2D eigenvalue weighted by molar-refractivity contribution is -0.142. The number of nitrogens with zero attached hydrogens (tertiary/aromatic N) is 3.